The molecule has 0 aliphatic heterocycles. The highest BCUT2D eigenvalue weighted by Crippen LogP contribution is 2.22. The number of carbonyl (C=O) groups is 1. The SMILES string of the molecule is COCC(=O)Cc1nc(Cc2ccc(Cl)cc2Cl)no1. The van der Waals surface area contributed by atoms with Gasteiger partial charge in [-0.05, 0) is 17.7 Å². The van der Waals surface area contributed by atoms with Crippen LogP contribution in [0.15, 0.2) is 22.7 Å². The van der Waals surface area contributed by atoms with Crippen molar-refractivity contribution in [1.82, 2.24) is 10.1 Å². The van der Waals surface area contributed by atoms with E-state index in [9.17, 15) is 4.79 Å². The lowest BCUT2D eigenvalue weighted by Gasteiger charge is -2.00. The van der Waals surface area contributed by atoms with Gasteiger partial charge < -0.3 is 9.26 Å². The maximum absolute atomic E-state index is 11.4. The van der Waals surface area contributed by atoms with Crippen molar-refractivity contribution in [1.29, 1.82) is 0 Å². The van der Waals surface area contributed by atoms with E-state index in [1.54, 1.807) is 18.2 Å². The molecule has 0 N–H and O–H groups in total. The second kappa shape index (κ2) is 6.83. The van der Waals surface area contributed by atoms with Gasteiger partial charge >= 0.3 is 0 Å². The molecule has 5 nitrogen and oxygen atoms in total. The summed E-state index contributed by atoms with van der Waals surface area (Å²) in [7, 11) is 1.46. The van der Waals surface area contributed by atoms with Crippen LogP contribution in [0, 0.1) is 0 Å². The minimum atomic E-state index is -0.118. The lowest BCUT2D eigenvalue weighted by molar-refractivity contribution is -0.122. The smallest absolute Gasteiger partial charge is 0.234 e. The van der Waals surface area contributed by atoms with E-state index in [-0.39, 0.29) is 24.7 Å². The Hall–Kier alpha value is -1.43. The number of rotatable bonds is 6. The van der Waals surface area contributed by atoms with Gasteiger partial charge in [-0.3, -0.25) is 4.79 Å². The number of nitrogens with zero attached hydrogens (tertiary/aromatic N) is 2. The van der Waals surface area contributed by atoms with Crippen LogP contribution in [0.1, 0.15) is 17.3 Å². The van der Waals surface area contributed by atoms with Gasteiger partial charge in [0.2, 0.25) is 5.89 Å². The second-order valence-electron chi connectivity index (χ2n) is 4.17. The molecule has 20 heavy (non-hydrogen) atoms. The molecule has 0 radical (unpaired) electrons. The molecule has 1 aromatic carbocycles. The molecule has 0 aliphatic carbocycles. The fourth-order valence-corrected chi connectivity index (χ4v) is 2.13. The molecule has 0 amide bonds. The maximum atomic E-state index is 11.4. The topological polar surface area (TPSA) is 65.2 Å². The van der Waals surface area contributed by atoms with Crippen LogP contribution in [-0.2, 0) is 22.4 Å². The summed E-state index contributed by atoms with van der Waals surface area (Å²) in [6.07, 6.45) is 0.479. The molecule has 0 fully saturated rings. The zero-order chi connectivity index (χ0) is 14.5. The number of ketones is 1. The first kappa shape index (κ1) is 15.0. The molecule has 106 valence electrons. The number of carbonyl (C=O) groups excluding carboxylic acids is 1. The van der Waals surface area contributed by atoms with Crippen molar-refractivity contribution < 1.29 is 14.1 Å². The predicted octanol–water partition coefficient (Wildman–Crippen LogP) is 2.73. The van der Waals surface area contributed by atoms with Crippen molar-refractivity contribution in [2.75, 3.05) is 13.7 Å². The molecular formula is C13H12Cl2N2O3. The third-order valence-corrected chi connectivity index (χ3v) is 3.11. The summed E-state index contributed by atoms with van der Waals surface area (Å²) in [5.74, 6) is 0.619. The minimum absolute atomic E-state index is 0.0285. The molecule has 0 bridgehead atoms. The number of benzene rings is 1. The first-order chi connectivity index (χ1) is 9.58. The summed E-state index contributed by atoms with van der Waals surface area (Å²) in [6.45, 7) is 0.0285. The van der Waals surface area contributed by atoms with E-state index < -0.39 is 0 Å². The van der Waals surface area contributed by atoms with Gasteiger partial charge in [-0.1, -0.05) is 34.4 Å². The summed E-state index contributed by atoms with van der Waals surface area (Å²) in [5.41, 5.74) is 0.839. The van der Waals surface area contributed by atoms with Crippen molar-refractivity contribution in [3.8, 4) is 0 Å². The maximum Gasteiger partial charge on any atom is 0.234 e. The van der Waals surface area contributed by atoms with Crippen LogP contribution in [0.3, 0.4) is 0 Å². The highest BCUT2D eigenvalue weighted by Gasteiger charge is 2.12. The Labute approximate surface area is 125 Å². The van der Waals surface area contributed by atoms with Gasteiger partial charge in [0.1, 0.15) is 6.61 Å². The molecular weight excluding hydrogens is 303 g/mol. The lowest BCUT2D eigenvalue weighted by atomic mass is 10.1. The number of aromatic nitrogens is 2. The third kappa shape index (κ3) is 4.03. The Morgan fingerprint density at radius 3 is 2.90 bits per heavy atom. The first-order valence-electron chi connectivity index (χ1n) is 5.84. The van der Waals surface area contributed by atoms with E-state index in [1.165, 1.54) is 7.11 Å². The van der Waals surface area contributed by atoms with E-state index in [1.807, 2.05) is 0 Å². The molecule has 1 heterocycles. The van der Waals surface area contributed by atoms with Gasteiger partial charge in [0, 0.05) is 23.6 Å². The van der Waals surface area contributed by atoms with Crippen molar-refractivity contribution >= 4 is 29.0 Å². The fraction of sp³-hybridized carbons (Fsp3) is 0.308. The van der Waals surface area contributed by atoms with Gasteiger partial charge in [0.05, 0.1) is 6.42 Å². The van der Waals surface area contributed by atoms with Crippen LogP contribution >= 0.6 is 23.2 Å². The zero-order valence-corrected chi connectivity index (χ0v) is 12.2. The van der Waals surface area contributed by atoms with Crippen molar-refractivity contribution in [3.63, 3.8) is 0 Å². The molecule has 0 unspecified atom stereocenters. The van der Waals surface area contributed by atoms with Crippen LogP contribution < -0.4 is 0 Å². The van der Waals surface area contributed by atoms with Gasteiger partial charge in [-0.25, -0.2) is 0 Å². The lowest BCUT2D eigenvalue weighted by Crippen LogP contribution is -2.09. The summed E-state index contributed by atoms with van der Waals surface area (Å²) in [5, 5.41) is 4.93. The highest BCUT2D eigenvalue weighted by molar-refractivity contribution is 6.35. The Morgan fingerprint density at radius 2 is 2.20 bits per heavy atom. The third-order valence-electron chi connectivity index (χ3n) is 2.53. The average molecular weight is 315 g/mol. The van der Waals surface area contributed by atoms with E-state index in [2.05, 4.69) is 10.1 Å². The number of ether oxygens (including phenoxy) is 1. The Balaban J connectivity index is 2.04. The molecule has 7 heteroatoms. The number of hydrogen-bond acceptors (Lipinski definition) is 5. The monoisotopic (exact) mass is 314 g/mol. The van der Waals surface area contributed by atoms with Crippen molar-refractivity contribution in [3.05, 3.63) is 45.5 Å². The van der Waals surface area contributed by atoms with Crippen LogP contribution in [0.2, 0.25) is 10.0 Å². The molecule has 0 saturated carbocycles. The summed E-state index contributed by atoms with van der Waals surface area (Å²) in [4.78, 5) is 15.5. The standard InChI is InChI=1S/C13H12Cl2N2O3/c1-19-7-10(18)6-13-16-12(17-20-13)4-8-2-3-9(14)5-11(8)15/h2-3,5H,4,6-7H2,1H3. The molecule has 0 spiro atoms. The van der Waals surface area contributed by atoms with Gasteiger partial charge in [0.15, 0.2) is 11.6 Å². The highest BCUT2D eigenvalue weighted by atomic mass is 35.5. The summed E-state index contributed by atoms with van der Waals surface area (Å²) < 4.78 is 9.75. The predicted molar refractivity (Wildman–Crippen MR) is 74.2 cm³/mol. The Morgan fingerprint density at radius 1 is 1.40 bits per heavy atom. The number of hydrogen-bond donors (Lipinski definition) is 0. The van der Waals surface area contributed by atoms with Gasteiger partial charge in [0.25, 0.3) is 0 Å². The van der Waals surface area contributed by atoms with Crippen molar-refractivity contribution in [2.24, 2.45) is 0 Å². The van der Waals surface area contributed by atoms with Crippen LogP contribution in [0.25, 0.3) is 0 Å². The average Bonchev–Trinajstić information content (AvgIpc) is 2.80. The van der Waals surface area contributed by atoms with Crippen LogP contribution in [0.5, 0.6) is 0 Å². The molecule has 0 aliphatic rings. The van der Waals surface area contributed by atoms with E-state index in [0.29, 0.717) is 22.3 Å². The summed E-state index contributed by atoms with van der Waals surface area (Å²) in [6, 6.07) is 5.20. The van der Waals surface area contributed by atoms with E-state index in [4.69, 9.17) is 32.5 Å². The second-order valence-corrected chi connectivity index (χ2v) is 5.01. The van der Waals surface area contributed by atoms with Crippen molar-refractivity contribution in [2.45, 2.75) is 12.8 Å². The van der Waals surface area contributed by atoms with E-state index >= 15 is 0 Å². The van der Waals surface area contributed by atoms with Crippen LogP contribution in [-0.4, -0.2) is 29.6 Å². The molecule has 1 aromatic heterocycles. The molecule has 0 atom stereocenters. The number of methoxy groups -OCH3 is 1. The molecule has 2 aromatic rings. The minimum Gasteiger partial charge on any atom is -0.377 e. The number of Topliss-reactive ketones (excluding diaryl/α,β-unsaturated/α-hetero) is 1. The number of halogens is 2. The summed E-state index contributed by atoms with van der Waals surface area (Å²) >= 11 is 11.9. The van der Waals surface area contributed by atoms with Crippen LogP contribution in [0.4, 0.5) is 0 Å². The normalized spacial score (nSPS) is 10.8. The Bertz CT molecular complexity index is 613. The van der Waals surface area contributed by atoms with Gasteiger partial charge in [-0.2, -0.15) is 4.98 Å². The van der Waals surface area contributed by atoms with Gasteiger partial charge in [-0.15, -0.1) is 0 Å². The largest absolute Gasteiger partial charge is 0.377 e. The fourth-order valence-electron chi connectivity index (χ4n) is 1.65. The molecule has 0 saturated heterocycles. The van der Waals surface area contributed by atoms with E-state index in [0.717, 1.165) is 5.56 Å². The first-order valence-corrected chi connectivity index (χ1v) is 6.60. The Kier molecular flexibility index (Phi) is 5.11. The molecule has 2 rings (SSSR count). The quantitative estimate of drug-likeness (QED) is 0.820. The zero-order valence-electron chi connectivity index (χ0n) is 10.7.